The number of halogens is 1. The third-order valence-electron chi connectivity index (χ3n) is 3.06. The second-order valence-corrected chi connectivity index (χ2v) is 5.36. The molecule has 1 amide bonds. The summed E-state index contributed by atoms with van der Waals surface area (Å²) in [6.07, 6.45) is 0.818. The van der Waals surface area contributed by atoms with E-state index in [1.54, 1.807) is 0 Å². The predicted octanol–water partition coefficient (Wildman–Crippen LogP) is 3.29. The monoisotopic (exact) mass is 335 g/mol. The molecule has 0 spiro atoms. The van der Waals surface area contributed by atoms with Crippen molar-refractivity contribution in [3.8, 4) is 5.75 Å². The fourth-order valence-corrected chi connectivity index (χ4v) is 2.32. The highest BCUT2D eigenvalue weighted by molar-refractivity contribution is 9.09. The Labute approximate surface area is 127 Å². The zero-order valence-corrected chi connectivity index (χ0v) is 13.1. The molecule has 2 rings (SSSR count). The Morgan fingerprint density at radius 2 is 2.15 bits per heavy atom. The van der Waals surface area contributed by atoms with Crippen LogP contribution in [0.2, 0.25) is 0 Å². The molecule has 106 valence electrons. The van der Waals surface area contributed by atoms with Crippen LogP contribution in [0.1, 0.15) is 12.5 Å². The highest BCUT2D eigenvalue weighted by atomic mass is 79.9. The van der Waals surface area contributed by atoms with Crippen molar-refractivity contribution >= 4 is 32.6 Å². The molecule has 4 heteroatoms. The summed E-state index contributed by atoms with van der Waals surface area (Å²) in [5, 5.41) is 6.02. The van der Waals surface area contributed by atoms with Crippen molar-refractivity contribution in [3.63, 3.8) is 0 Å². The summed E-state index contributed by atoms with van der Waals surface area (Å²) < 4.78 is 5.64. The highest BCUT2D eigenvalue weighted by Gasteiger charge is 2.03. The lowest BCUT2D eigenvalue weighted by Gasteiger charge is -2.10. The molecule has 0 aliphatic carbocycles. The largest absolute Gasteiger partial charge is 0.493 e. The molecular formula is C16H18BrNO2. The van der Waals surface area contributed by atoms with E-state index in [0.717, 1.165) is 17.5 Å². The fourth-order valence-electron chi connectivity index (χ4n) is 2.15. The van der Waals surface area contributed by atoms with Gasteiger partial charge in [0.1, 0.15) is 5.75 Å². The quantitative estimate of drug-likeness (QED) is 0.822. The van der Waals surface area contributed by atoms with Gasteiger partial charge in [0, 0.05) is 18.8 Å². The molecule has 0 aromatic heterocycles. The molecule has 0 atom stereocenters. The number of carbonyl (C=O) groups excluding carboxylic acids is 1. The summed E-state index contributed by atoms with van der Waals surface area (Å²) in [4.78, 5) is 10.9. The first-order valence-electron chi connectivity index (χ1n) is 6.65. The number of carbonyl (C=O) groups is 1. The van der Waals surface area contributed by atoms with Crippen LogP contribution in [-0.4, -0.2) is 24.4 Å². The minimum Gasteiger partial charge on any atom is -0.493 e. The van der Waals surface area contributed by atoms with Gasteiger partial charge in [0.25, 0.3) is 0 Å². The number of hydrogen-bond donors (Lipinski definition) is 1. The zero-order valence-electron chi connectivity index (χ0n) is 11.5. The lowest BCUT2D eigenvalue weighted by Crippen LogP contribution is -2.22. The Morgan fingerprint density at radius 1 is 1.30 bits per heavy atom. The molecule has 2 aromatic carbocycles. The van der Waals surface area contributed by atoms with Gasteiger partial charge in [-0.1, -0.05) is 40.2 Å². The average Bonchev–Trinajstić information content (AvgIpc) is 2.45. The van der Waals surface area contributed by atoms with Gasteiger partial charge in [-0.2, -0.15) is 0 Å². The van der Waals surface area contributed by atoms with E-state index in [-0.39, 0.29) is 5.91 Å². The maximum atomic E-state index is 10.9. The molecule has 0 unspecified atom stereocenters. The molecule has 0 fully saturated rings. The van der Waals surface area contributed by atoms with Crippen molar-refractivity contribution in [1.82, 2.24) is 5.32 Å². The van der Waals surface area contributed by atoms with Crippen LogP contribution in [0, 0.1) is 0 Å². The van der Waals surface area contributed by atoms with E-state index in [9.17, 15) is 4.79 Å². The van der Waals surface area contributed by atoms with Crippen LogP contribution >= 0.6 is 15.9 Å². The molecule has 0 saturated carbocycles. The van der Waals surface area contributed by atoms with Gasteiger partial charge in [0.2, 0.25) is 5.91 Å². The number of benzene rings is 2. The standard InChI is InChI=1S/C16H18BrNO2/c1-12(19)18-9-7-14-4-2-3-13-5-6-15(11-16(13)14)20-10-8-17/h2-6,11H,7-10H2,1H3,(H,18,19). The van der Waals surface area contributed by atoms with Crippen molar-refractivity contribution in [2.45, 2.75) is 13.3 Å². The van der Waals surface area contributed by atoms with Crippen LogP contribution in [0.15, 0.2) is 36.4 Å². The van der Waals surface area contributed by atoms with Crippen LogP contribution in [0.5, 0.6) is 5.75 Å². The van der Waals surface area contributed by atoms with Crippen molar-refractivity contribution in [1.29, 1.82) is 0 Å². The Hall–Kier alpha value is -1.55. The van der Waals surface area contributed by atoms with Crippen molar-refractivity contribution in [2.75, 3.05) is 18.5 Å². The third kappa shape index (κ3) is 3.97. The number of nitrogens with one attached hydrogen (secondary N) is 1. The van der Waals surface area contributed by atoms with E-state index in [0.29, 0.717) is 13.2 Å². The maximum Gasteiger partial charge on any atom is 0.216 e. The van der Waals surface area contributed by atoms with Crippen LogP contribution < -0.4 is 10.1 Å². The van der Waals surface area contributed by atoms with E-state index >= 15 is 0 Å². The topological polar surface area (TPSA) is 38.3 Å². The van der Waals surface area contributed by atoms with Gasteiger partial charge in [-0.15, -0.1) is 0 Å². The molecule has 0 saturated heterocycles. The number of fused-ring (bicyclic) bond motifs is 1. The number of rotatable bonds is 6. The third-order valence-corrected chi connectivity index (χ3v) is 3.38. The number of ether oxygens (including phenoxy) is 1. The molecule has 0 bridgehead atoms. The zero-order chi connectivity index (χ0) is 14.4. The van der Waals surface area contributed by atoms with E-state index in [1.807, 2.05) is 12.1 Å². The molecule has 0 heterocycles. The number of amides is 1. The summed E-state index contributed by atoms with van der Waals surface area (Å²) in [5.74, 6) is 0.885. The molecule has 20 heavy (non-hydrogen) atoms. The van der Waals surface area contributed by atoms with E-state index in [2.05, 4.69) is 45.5 Å². The van der Waals surface area contributed by atoms with Gasteiger partial charge in [0.15, 0.2) is 0 Å². The van der Waals surface area contributed by atoms with Gasteiger partial charge in [0.05, 0.1) is 6.61 Å². The minimum absolute atomic E-state index is 0.00609. The summed E-state index contributed by atoms with van der Waals surface area (Å²) >= 11 is 3.35. The van der Waals surface area contributed by atoms with Gasteiger partial charge in [-0.05, 0) is 34.9 Å². The van der Waals surface area contributed by atoms with Crippen LogP contribution in [-0.2, 0) is 11.2 Å². The SMILES string of the molecule is CC(=O)NCCc1cccc2ccc(OCCBr)cc12. The van der Waals surface area contributed by atoms with Gasteiger partial charge >= 0.3 is 0 Å². The van der Waals surface area contributed by atoms with Gasteiger partial charge < -0.3 is 10.1 Å². The Balaban J connectivity index is 2.21. The lowest BCUT2D eigenvalue weighted by molar-refractivity contribution is -0.118. The van der Waals surface area contributed by atoms with Crippen LogP contribution in [0.3, 0.4) is 0 Å². The Kier molecular flexibility index (Phi) is 5.41. The van der Waals surface area contributed by atoms with E-state index in [1.165, 1.54) is 23.3 Å². The van der Waals surface area contributed by atoms with Crippen LogP contribution in [0.25, 0.3) is 10.8 Å². The molecular weight excluding hydrogens is 318 g/mol. The maximum absolute atomic E-state index is 10.9. The fraction of sp³-hybridized carbons (Fsp3) is 0.312. The minimum atomic E-state index is 0.00609. The molecule has 0 radical (unpaired) electrons. The van der Waals surface area contributed by atoms with Crippen molar-refractivity contribution in [2.24, 2.45) is 0 Å². The van der Waals surface area contributed by atoms with Crippen molar-refractivity contribution < 1.29 is 9.53 Å². The summed E-state index contributed by atoms with van der Waals surface area (Å²) in [5.41, 5.74) is 1.22. The first kappa shape index (κ1) is 14.9. The smallest absolute Gasteiger partial charge is 0.216 e. The Morgan fingerprint density at radius 3 is 2.90 bits per heavy atom. The number of hydrogen-bond acceptors (Lipinski definition) is 2. The first-order chi connectivity index (χ1) is 9.70. The molecule has 2 aromatic rings. The lowest BCUT2D eigenvalue weighted by atomic mass is 10.0. The molecule has 0 aliphatic rings. The first-order valence-corrected chi connectivity index (χ1v) is 7.77. The van der Waals surface area contributed by atoms with E-state index in [4.69, 9.17) is 4.74 Å². The van der Waals surface area contributed by atoms with E-state index < -0.39 is 0 Å². The second kappa shape index (κ2) is 7.29. The normalized spacial score (nSPS) is 10.5. The second-order valence-electron chi connectivity index (χ2n) is 4.57. The Bertz CT molecular complexity index is 598. The van der Waals surface area contributed by atoms with Crippen molar-refractivity contribution in [3.05, 3.63) is 42.0 Å². The molecule has 0 aliphatic heterocycles. The van der Waals surface area contributed by atoms with Crippen LogP contribution in [0.4, 0.5) is 0 Å². The summed E-state index contributed by atoms with van der Waals surface area (Å²) in [7, 11) is 0. The molecule has 1 N–H and O–H groups in total. The van der Waals surface area contributed by atoms with Gasteiger partial charge in [-0.25, -0.2) is 0 Å². The van der Waals surface area contributed by atoms with Gasteiger partial charge in [-0.3, -0.25) is 4.79 Å². The molecule has 3 nitrogen and oxygen atoms in total. The highest BCUT2D eigenvalue weighted by Crippen LogP contribution is 2.24. The summed E-state index contributed by atoms with van der Waals surface area (Å²) in [6, 6.07) is 12.4. The predicted molar refractivity (Wildman–Crippen MR) is 85.6 cm³/mol. The number of alkyl halides is 1. The average molecular weight is 336 g/mol. The summed E-state index contributed by atoms with van der Waals surface area (Å²) in [6.45, 7) is 2.84.